The van der Waals surface area contributed by atoms with Gasteiger partial charge in [-0.05, 0) is 36.9 Å². The molecule has 0 heterocycles. The normalized spacial score (nSPS) is 11.9. The van der Waals surface area contributed by atoms with Crippen molar-refractivity contribution >= 4 is 23.4 Å². The lowest BCUT2D eigenvalue weighted by Gasteiger charge is -2.16. The summed E-state index contributed by atoms with van der Waals surface area (Å²) in [5.41, 5.74) is 2.13. The van der Waals surface area contributed by atoms with Gasteiger partial charge in [0.1, 0.15) is 0 Å². The summed E-state index contributed by atoms with van der Waals surface area (Å²) in [5, 5.41) is 6.12. The van der Waals surface area contributed by atoms with Gasteiger partial charge >= 0.3 is 0 Å². The third-order valence-electron chi connectivity index (χ3n) is 3.14. The summed E-state index contributed by atoms with van der Waals surface area (Å²) in [6.07, 6.45) is 0. The molecule has 2 N–H and O–H groups in total. The lowest BCUT2D eigenvalue weighted by Crippen LogP contribution is -2.18. The van der Waals surface area contributed by atoms with E-state index < -0.39 is 0 Å². The number of rotatable bonds is 6. The Morgan fingerprint density at radius 1 is 1.10 bits per heavy atom. The predicted octanol–water partition coefficient (Wildman–Crippen LogP) is 3.70. The van der Waals surface area contributed by atoms with Crippen LogP contribution in [-0.4, -0.2) is 18.7 Å². The van der Waals surface area contributed by atoms with E-state index in [1.54, 1.807) is 11.8 Å². The molecule has 21 heavy (non-hydrogen) atoms. The van der Waals surface area contributed by atoms with Crippen molar-refractivity contribution in [1.29, 1.82) is 0 Å². The van der Waals surface area contributed by atoms with Crippen molar-refractivity contribution in [3.8, 4) is 0 Å². The molecule has 1 amide bonds. The second-order valence-corrected chi connectivity index (χ2v) is 5.86. The van der Waals surface area contributed by atoms with E-state index in [2.05, 4.69) is 34.9 Å². The Morgan fingerprint density at radius 2 is 1.76 bits per heavy atom. The van der Waals surface area contributed by atoms with Crippen molar-refractivity contribution in [2.45, 2.75) is 17.9 Å². The van der Waals surface area contributed by atoms with Crippen LogP contribution in [-0.2, 0) is 4.79 Å². The van der Waals surface area contributed by atoms with Crippen molar-refractivity contribution < 1.29 is 4.79 Å². The van der Waals surface area contributed by atoms with Gasteiger partial charge in [-0.3, -0.25) is 4.79 Å². The first-order chi connectivity index (χ1) is 10.2. The van der Waals surface area contributed by atoms with Gasteiger partial charge in [0.2, 0.25) is 5.91 Å². The smallest absolute Gasteiger partial charge is 0.221 e. The van der Waals surface area contributed by atoms with Crippen LogP contribution in [0.2, 0.25) is 0 Å². The van der Waals surface area contributed by atoms with Gasteiger partial charge in [0.25, 0.3) is 0 Å². The fourth-order valence-corrected chi connectivity index (χ4v) is 3.10. The average molecular weight is 300 g/mol. The highest BCUT2D eigenvalue weighted by Crippen LogP contribution is 2.25. The topological polar surface area (TPSA) is 41.1 Å². The Morgan fingerprint density at radius 3 is 2.33 bits per heavy atom. The Kier molecular flexibility index (Phi) is 5.84. The number of anilines is 1. The van der Waals surface area contributed by atoms with Crippen LogP contribution in [0.25, 0.3) is 0 Å². The van der Waals surface area contributed by atoms with Gasteiger partial charge in [-0.2, -0.15) is 0 Å². The monoisotopic (exact) mass is 300 g/mol. The molecule has 0 aliphatic rings. The summed E-state index contributed by atoms with van der Waals surface area (Å²) in [5.74, 6) is 0.912. The number of nitrogens with one attached hydrogen (secondary N) is 2. The van der Waals surface area contributed by atoms with Crippen LogP contribution in [0.3, 0.4) is 0 Å². The van der Waals surface area contributed by atoms with Crippen molar-refractivity contribution in [1.82, 2.24) is 5.32 Å². The zero-order chi connectivity index (χ0) is 15.1. The largest absolute Gasteiger partial charge is 0.326 e. The van der Waals surface area contributed by atoms with E-state index in [1.165, 1.54) is 17.4 Å². The highest BCUT2D eigenvalue weighted by Gasteiger charge is 2.09. The highest BCUT2D eigenvalue weighted by molar-refractivity contribution is 7.99. The maximum atomic E-state index is 11.0. The fourth-order valence-electron chi connectivity index (χ4n) is 2.05. The van der Waals surface area contributed by atoms with E-state index in [9.17, 15) is 4.79 Å². The molecule has 2 rings (SSSR count). The molecule has 0 spiro atoms. The number of carbonyl (C=O) groups is 1. The number of amides is 1. The summed E-state index contributed by atoms with van der Waals surface area (Å²) < 4.78 is 0. The molecule has 0 fully saturated rings. The van der Waals surface area contributed by atoms with Crippen LogP contribution in [0.1, 0.15) is 18.5 Å². The number of benzene rings is 2. The van der Waals surface area contributed by atoms with Crippen molar-refractivity contribution in [2.24, 2.45) is 0 Å². The number of carbonyl (C=O) groups excluding carboxylic acids is 1. The van der Waals surface area contributed by atoms with Crippen molar-refractivity contribution in [3.05, 3.63) is 60.2 Å². The van der Waals surface area contributed by atoms with Crippen LogP contribution in [0.5, 0.6) is 0 Å². The molecule has 2 aromatic rings. The molecule has 110 valence electrons. The minimum absolute atomic E-state index is 0.0465. The molecule has 0 saturated carbocycles. The average Bonchev–Trinajstić information content (AvgIpc) is 2.50. The molecule has 1 atom stereocenters. The molecule has 0 saturated heterocycles. The zero-order valence-electron chi connectivity index (χ0n) is 12.3. The summed E-state index contributed by atoms with van der Waals surface area (Å²) in [6, 6.07) is 18.7. The van der Waals surface area contributed by atoms with Crippen LogP contribution in [0.15, 0.2) is 59.5 Å². The van der Waals surface area contributed by atoms with Gasteiger partial charge in [0, 0.05) is 29.3 Å². The highest BCUT2D eigenvalue weighted by atomic mass is 32.2. The first-order valence-corrected chi connectivity index (χ1v) is 7.90. The number of hydrogen-bond donors (Lipinski definition) is 2. The molecule has 4 heteroatoms. The predicted molar refractivity (Wildman–Crippen MR) is 89.7 cm³/mol. The van der Waals surface area contributed by atoms with Gasteiger partial charge in [-0.1, -0.05) is 30.3 Å². The second-order valence-electron chi connectivity index (χ2n) is 4.77. The molecule has 1 unspecified atom stereocenters. The zero-order valence-corrected chi connectivity index (χ0v) is 13.1. The first-order valence-electron chi connectivity index (χ1n) is 6.91. The lowest BCUT2D eigenvalue weighted by atomic mass is 10.1. The van der Waals surface area contributed by atoms with Gasteiger partial charge < -0.3 is 10.6 Å². The summed E-state index contributed by atoms with van der Waals surface area (Å²) >= 11 is 1.80. The van der Waals surface area contributed by atoms with E-state index in [1.807, 2.05) is 37.4 Å². The minimum atomic E-state index is -0.0465. The SMILES string of the molecule is CNC(CSc1ccc(NC(C)=O)cc1)c1ccccc1. The molecule has 0 aliphatic heterocycles. The van der Waals surface area contributed by atoms with E-state index >= 15 is 0 Å². The molecule has 0 radical (unpaired) electrons. The van der Waals surface area contributed by atoms with Crippen LogP contribution < -0.4 is 10.6 Å². The van der Waals surface area contributed by atoms with Crippen molar-refractivity contribution in [3.63, 3.8) is 0 Å². The molecule has 3 nitrogen and oxygen atoms in total. The summed E-state index contributed by atoms with van der Waals surface area (Å²) in [7, 11) is 1.98. The lowest BCUT2D eigenvalue weighted by molar-refractivity contribution is -0.114. The van der Waals surface area contributed by atoms with E-state index in [0.717, 1.165) is 11.4 Å². The van der Waals surface area contributed by atoms with Crippen LogP contribution in [0, 0.1) is 0 Å². The summed E-state index contributed by atoms with van der Waals surface area (Å²) in [6.45, 7) is 1.51. The van der Waals surface area contributed by atoms with E-state index in [-0.39, 0.29) is 5.91 Å². The Bertz CT molecular complexity index is 569. The van der Waals surface area contributed by atoms with Crippen molar-refractivity contribution in [2.75, 3.05) is 18.1 Å². The second kappa shape index (κ2) is 7.86. The Hall–Kier alpha value is -1.78. The number of hydrogen-bond acceptors (Lipinski definition) is 3. The Balaban J connectivity index is 1.94. The molecule has 0 aliphatic carbocycles. The van der Waals surface area contributed by atoms with Gasteiger partial charge in [-0.15, -0.1) is 11.8 Å². The molecular formula is C17H20N2OS. The van der Waals surface area contributed by atoms with E-state index in [0.29, 0.717) is 6.04 Å². The standard InChI is InChI=1S/C17H20N2OS/c1-13(20)19-15-8-10-16(11-9-15)21-12-17(18-2)14-6-4-3-5-7-14/h3-11,17-18H,12H2,1-2H3,(H,19,20). The van der Waals surface area contributed by atoms with Gasteiger partial charge in [0.05, 0.1) is 0 Å². The third-order valence-corrected chi connectivity index (χ3v) is 4.25. The van der Waals surface area contributed by atoms with Gasteiger partial charge in [0.15, 0.2) is 0 Å². The van der Waals surface area contributed by atoms with Crippen LogP contribution >= 0.6 is 11.8 Å². The Labute approximate surface area is 130 Å². The molecule has 0 aromatic heterocycles. The third kappa shape index (κ3) is 4.92. The molecule has 2 aromatic carbocycles. The quantitative estimate of drug-likeness (QED) is 0.799. The molecule has 0 bridgehead atoms. The van der Waals surface area contributed by atoms with Gasteiger partial charge in [-0.25, -0.2) is 0 Å². The minimum Gasteiger partial charge on any atom is -0.326 e. The fraction of sp³-hybridized carbons (Fsp3) is 0.235. The van der Waals surface area contributed by atoms with Crippen LogP contribution in [0.4, 0.5) is 5.69 Å². The first kappa shape index (κ1) is 15.6. The maximum absolute atomic E-state index is 11.0. The molecular weight excluding hydrogens is 280 g/mol. The summed E-state index contributed by atoms with van der Waals surface area (Å²) in [4.78, 5) is 12.2. The van der Waals surface area contributed by atoms with E-state index in [4.69, 9.17) is 0 Å². The number of thioether (sulfide) groups is 1. The maximum Gasteiger partial charge on any atom is 0.221 e.